The third-order valence-electron chi connectivity index (χ3n) is 2.61. The van der Waals surface area contributed by atoms with Crippen molar-refractivity contribution in [3.63, 3.8) is 0 Å². The quantitative estimate of drug-likeness (QED) is 0.884. The van der Waals surface area contributed by atoms with Gasteiger partial charge < -0.3 is 10.4 Å². The number of benzene rings is 2. The van der Waals surface area contributed by atoms with E-state index in [4.69, 9.17) is 16.7 Å². The smallest absolute Gasteiger partial charge is 0.337 e. The van der Waals surface area contributed by atoms with E-state index < -0.39 is 11.8 Å². The van der Waals surface area contributed by atoms with Gasteiger partial charge in [-0.25, -0.2) is 9.18 Å². The molecule has 0 bridgehead atoms. The molecule has 19 heavy (non-hydrogen) atoms. The van der Waals surface area contributed by atoms with Crippen molar-refractivity contribution in [3.05, 3.63) is 58.4 Å². The topological polar surface area (TPSA) is 49.3 Å². The van der Waals surface area contributed by atoms with E-state index in [0.717, 1.165) is 5.56 Å². The van der Waals surface area contributed by atoms with Crippen molar-refractivity contribution in [2.75, 3.05) is 5.32 Å². The molecule has 2 aromatic rings. The Balaban J connectivity index is 2.42. The third kappa shape index (κ3) is 3.03. The summed E-state index contributed by atoms with van der Waals surface area (Å²) in [5.74, 6) is -1.61. The lowest BCUT2D eigenvalue weighted by atomic mass is 10.1. The summed E-state index contributed by atoms with van der Waals surface area (Å²) in [5, 5.41) is 12.2. The van der Waals surface area contributed by atoms with Gasteiger partial charge in [-0.1, -0.05) is 17.7 Å². The first-order valence-electron chi connectivity index (χ1n) is 5.53. The minimum absolute atomic E-state index is 0.0833. The summed E-state index contributed by atoms with van der Waals surface area (Å²) in [6.07, 6.45) is 0. The Bertz CT molecular complexity index is 643. The normalized spacial score (nSPS) is 10.3. The van der Waals surface area contributed by atoms with Crippen LogP contribution in [0.3, 0.4) is 0 Å². The van der Waals surface area contributed by atoms with Crippen LogP contribution in [0.25, 0.3) is 0 Å². The number of rotatable bonds is 3. The van der Waals surface area contributed by atoms with E-state index in [1.807, 2.05) is 6.92 Å². The SMILES string of the molecule is Cc1ccc(C(=O)O)c(Nc2ccc(Cl)cc2F)c1. The molecule has 2 N–H and O–H groups in total. The molecule has 0 aliphatic heterocycles. The average Bonchev–Trinajstić information content (AvgIpc) is 2.32. The number of aryl methyl sites for hydroxylation is 1. The number of hydrogen-bond acceptors (Lipinski definition) is 2. The number of carboxylic acids is 1. The van der Waals surface area contributed by atoms with E-state index in [0.29, 0.717) is 5.69 Å². The molecule has 0 atom stereocenters. The highest BCUT2D eigenvalue weighted by Crippen LogP contribution is 2.26. The lowest BCUT2D eigenvalue weighted by molar-refractivity contribution is 0.0698. The number of anilines is 2. The molecule has 3 nitrogen and oxygen atoms in total. The molecular formula is C14H11ClFNO2. The molecule has 0 aliphatic carbocycles. The summed E-state index contributed by atoms with van der Waals surface area (Å²) in [5.41, 5.74) is 1.48. The van der Waals surface area contributed by atoms with Gasteiger partial charge in [0.25, 0.3) is 0 Å². The summed E-state index contributed by atoms with van der Waals surface area (Å²) in [6.45, 7) is 1.83. The van der Waals surface area contributed by atoms with E-state index in [1.165, 1.54) is 24.3 Å². The molecule has 0 spiro atoms. The predicted octanol–water partition coefficient (Wildman–Crippen LogP) is 4.23. The second kappa shape index (κ2) is 5.28. The summed E-state index contributed by atoms with van der Waals surface area (Å²) in [7, 11) is 0. The van der Waals surface area contributed by atoms with Crippen LogP contribution < -0.4 is 5.32 Å². The van der Waals surface area contributed by atoms with E-state index in [1.54, 1.807) is 12.1 Å². The van der Waals surface area contributed by atoms with Gasteiger partial charge in [0, 0.05) is 5.02 Å². The molecule has 0 saturated heterocycles. The fraction of sp³-hybridized carbons (Fsp3) is 0.0714. The van der Waals surface area contributed by atoms with Gasteiger partial charge in [0.05, 0.1) is 16.9 Å². The molecule has 5 heteroatoms. The van der Waals surface area contributed by atoms with Crippen LogP contribution in [-0.2, 0) is 0 Å². The Morgan fingerprint density at radius 2 is 1.95 bits per heavy atom. The zero-order chi connectivity index (χ0) is 14.0. The first-order valence-corrected chi connectivity index (χ1v) is 5.91. The van der Waals surface area contributed by atoms with Gasteiger partial charge in [0.2, 0.25) is 0 Å². The maximum absolute atomic E-state index is 13.7. The maximum Gasteiger partial charge on any atom is 0.337 e. The van der Waals surface area contributed by atoms with Crippen molar-refractivity contribution in [2.45, 2.75) is 6.92 Å². The van der Waals surface area contributed by atoms with Crippen molar-refractivity contribution in [2.24, 2.45) is 0 Å². The van der Waals surface area contributed by atoms with Crippen molar-refractivity contribution >= 4 is 28.9 Å². The monoisotopic (exact) mass is 279 g/mol. The van der Waals surface area contributed by atoms with Gasteiger partial charge >= 0.3 is 5.97 Å². The molecule has 0 unspecified atom stereocenters. The number of carboxylic acid groups (broad SMARTS) is 1. The Hall–Kier alpha value is -2.07. The average molecular weight is 280 g/mol. The van der Waals surface area contributed by atoms with E-state index >= 15 is 0 Å². The Morgan fingerprint density at radius 1 is 1.21 bits per heavy atom. The van der Waals surface area contributed by atoms with Crippen molar-refractivity contribution in [1.29, 1.82) is 0 Å². The van der Waals surface area contributed by atoms with Crippen LogP contribution in [0.4, 0.5) is 15.8 Å². The minimum atomic E-state index is -1.07. The molecule has 0 amide bonds. The number of hydrogen-bond donors (Lipinski definition) is 2. The standard InChI is InChI=1S/C14H11ClFNO2/c1-8-2-4-10(14(18)19)13(6-8)17-12-5-3-9(15)7-11(12)16/h2-7,17H,1H3,(H,18,19). The summed E-state index contributed by atoms with van der Waals surface area (Å²) < 4.78 is 13.7. The molecule has 0 radical (unpaired) electrons. The number of halogens is 2. The van der Waals surface area contributed by atoms with Crippen LogP contribution in [0.1, 0.15) is 15.9 Å². The van der Waals surface area contributed by atoms with Gasteiger partial charge in [-0.05, 0) is 42.8 Å². The molecular weight excluding hydrogens is 269 g/mol. The summed E-state index contributed by atoms with van der Waals surface area (Å²) >= 11 is 5.66. The lowest BCUT2D eigenvalue weighted by Gasteiger charge is -2.11. The highest BCUT2D eigenvalue weighted by Gasteiger charge is 2.12. The number of aromatic carboxylic acids is 1. The maximum atomic E-state index is 13.7. The first kappa shape index (κ1) is 13.4. The second-order valence-electron chi connectivity index (χ2n) is 4.10. The largest absolute Gasteiger partial charge is 0.478 e. The van der Waals surface area contributed by atoms with Gasteiger partial charge in [-0.3, -0.25) is 0 Å². The van der Waals surface area contributed by atoms with Crippen molar-refractivity contribution in [3.8, 4) is 0 Å². The van der Waals surface area contributed by atoms with Crippen LogP contribution in [0.2, 0.25) is 5.02 Å². The van der Waals surface area contributed by atoms with Gasteiger partial charge in [-0.15, -0.1) is 0 Å². The van der Waals surface area contributed by atoms with E-state index in [2.05, 4.69) is 5.32 Å². The van der Waals surface area contributed by atoms with E-state index in [-0.39, 0.29) is 16.3 Å². The number of carbonyl (C=O) groups is 1. The van der Waals surface area contributed by atoms with Gasteiger partial charge in [0.15, 0.2) is 0 Å². The molecule has 0 aromatic heterocycles. The van der Waals surface area contributed by atoms with Crippen molar-refractivity contribution < 1.29 is 14.3 Å². The van der Waals surface area contributed by atoms with E-state index in [9.17, 15) is 9.18 Å². The highest BCUT2D eigenvalue weighted by molar-refractivity contribution is 6.30. The van der Waals surface area contributed by atoms with Crippen LogP contribution in [0.5, 0.6) is 0 Å². The Labute approximate surface area is 114 Å². The van der Waals surface area contributed by atoms with Gasteiger partial charge in [0.1, 0.15) is 5.82 Å². The highest BCUT2D eigenvalue weighted by atomic mass is 35.5. The Morgan fingerprint density at radius 3 is 2.58 bits per heavy atom. The second-order valence-corrected chi connectivity index (χ2v) is 4.54. The molecule has 2 rings (SSSR count). The predicted molar refractivity (Wildman–Crippen MR) is 72.8 cm³/mol. The third-order valence-corrected chi connectivity index (χ3v) is 2.84. The first-order chi connectivity index (χ1) is 8.97. The molecule has 98 valence electrons. The van der Waals surface area contributed by atoms with Crippen LogP contribution in [-0.4, -0.2) is 11.1 Å². The van der Waals surface area contributed by atoms with Crippen LogP contribution in [0, 0.1) is 12.7 Å². The molecule has 2 aromatic carbocycles. The fourth-order valence-electron chi connectivity index (χ4n) is 1.68. The van der Waals surface area contributed by atoms with Crippen molar-refractivity contribution in [1.82, 2.24) is 0 Å². The fourth-order valence-corrected chi connectivity index (χ4v) is 1.84. The lowest BCUT2D eigenvalue weighted by Crippen LogP contribution is -2.04. The Kier molecular flexibility index (Phi) is 3.71. The summed E-state index contributed by atoms with van der Waals surface area (Å²) in [4.78, 5) is 11.1. The van der Waals surface area contributed by atoms with Gasteiger partial charge in [-0.2, -0.15) is 0 Å². The van der Waals surface area contributed by atoms with Crippen LogP contribution in [0.15, 0.2) is 36.4 Å². The molecule has 0 aliphatic rings. The molecule has 0 fully saturated rings. The molecule has 0 heterocycles. The number of nitrogens with one attached hydrogen (secondary N) is 1. The minimum Gasteiger partial charge on any atom is -0.478 e. The summed E-state index contributed by atoms with van der Waals surface area (Å²) in [6, 6.07) is 8.98. The zero-order valence-electron chi connectivity index (χ0n) is 10.1. The zero-order valence-corrected chi connectivity index (χ0v) is 10.8. The van der Waals surface area contributed by atoms with Crippen LogP contribution >= 0.6 is 11.6 Å². The molecule has 0 saturated carbocycles.